The second-order valence-electron chi connectivity index (χ2n) is 2.02. The standard InChI is InChI=1S/C7H9N3O/c8-5-3-1-2-4-7(6-9)10-11/h11H,1-4H2. The van der Waals surface area contributed by atoms with Gasteiger partial charge in [0.05, 0.1) is 6.07 Å². The van der Waals surface area contributed by atoms with Gasteiger partial charge in [0.2, 0.25) is 0 Å². The Kier molecular flexibility index (Phi) is 5.64. The van der Waals surface area contributed by atoms with Crippen molar-refractivity contribution in [2.45, 2.75) is 25.7 Å². The van der Waals surface area contributed by atoms with Gasteiger partial charge in [0.25, 0.3) is 0 Å². The summed E-state index contributed by atoms with van der Waals surface area (Å²) < 4.78 is 0. The molecule has 0 fully saturated rings. The molecule has 4 nitrogen and oxygen atoms in total. The van der Waals surface area contributed by atoms with Gasteiger partial charge in [0.1, 0.15) is 6.07 Å². The number of rotatable bonds is 4. The fourth-order valence-corrected chi connectivity index (χ4v) is 0.625. The Morgan fingerprint density at radius 3 is 2.55 bits per heavy atom. The third-order valence-corrected chi connectivity index (χ3v) is 1.20. The molecule has 0 spiro atoms. The number of nitriles is 2. The van der Waals surface area contributed by atoms with Gasteiger partial charge in [-0.15, -0.1) is 0 Å². The minimum atomic E-state index is 0.128. The fourth-order valence-electron chi connectivity index (χ4n) is 0.625. The second-order valence-corrected chi connectivity index (χ2v) is 2.02. The van der Waals surface area contributed by atoms with E-state index in [1.54, 1.807) is 6.07 Å². The van der Waals surface area contributed by atoms with Crippen molar-refractivity contribution < 1.29 is 5.21 Å². The van der Waals surface area contributed by atoms with Crippen molar-refractivity contribution in [3.8, 4) is 12.1 Å². The number of unbranched alkanes of at least 4 members (excludes halogenated alkanes) is 2. The number of hydrogen-bond acceptors (Lipinski definition) is 4. The van der Waals surface area contributed by atoms with Gasteiger partial charge in [-0.25, -0.2) is 0 Å². The summed E-state index contributed by atoms with van der Waals surface area (Å²) in [7, 11) is 0. The van der Waals surface area contributed by atoms with Crippen LogP contribution < -0.4 is 0 Å². The van der Waals surface area contributed by atoms with Crippen LogP contribution in [0, 0.1) is 22.7 Å². The predicted octanol–water partition coefficient (Wildman–Crippen LogP) is 1.42. The Hall–Kier alpha value is -1.55. The maximum Gasteiger partial charge on any atom is 0.156 e. The summed E-state index contributed by atoms with van der Waals surface area (Å²) in [5.74, 6) is 0. The van der Waals surface area contributed by atoms with Crippen LogP contribution in [-0.2, 0) is 0 Å². The highest BCUT2D eigenvalue weighted by molar-refractivity contribution is 5.97. The molecule has 4 heteroatoms. The highest BCUT2D eigenvalue weighted by Crippen LogP contribution is 1.99. The Bertz CT molecular complexity index is 209. The average Bonchev–Trinajstić information content (AvgIpc) is 2.05. The highest BCUT2D eigenvalue weighted by Gasteiger charge is 1.96. The minimum absolute atomic E-state index is 0.128. The van der Waals surface area contributed by atoms with Gasteiger partial charge in [-0.1, -0.05) is 5.16 Å². The Balaban J connectivity index is 3.41. The lowest BCUT2D eigenvalue weighted by molar-refractivity contribution is 0.318. The first-order valence-electron chi connectivity index (χ1n) is 3.33. The highest BCUT2D eigenvalue weighted by atomic mass is 16.4. The van der Waals surface area contributed by atoms with E-state index in [1.165, 1.54) is 0 Å². The van der Waals surface area contributed by atoms with Gasteiger partial charge in [0.15, 0.2) is 5.71 Å². The van der Waals surface area contributed by atoms with Gasteiger partial charge in [-0.2, -0.15) is 10.5 Å². The van der Waals surface area contributed by atoms with Gasteiger partial charge >= 0.3 is 0 Å². The molecule has 58 valence electrons. The largest absolute Gasteiger partial charge is 0.410 e. The fraction of sp³-hybridized carbons (Fsp3) is 0.571. The van der Waals surface area contributed by atoms with Crippen LogP contribution in [0.15, 0.2) is 5.16 Å². The maximum atomic E-state index is 8.28. The molecule has 0 saturated heterocycles. The first kappa shape index (κ1) is 9.45. The molecular formula is C7H9N3O. The van der Waals surface area contributed by atoms with Crippen LogP contribution in [0.3, 0.4) is 0 Å². The van der Waals surface area contributed by atoms with Crippen LogP contribution in [-0.4, -0.2) is 10.9 Å². The SMILES string of the molecule is N#CCCCCC(C#N)=NO. The molecule has 0 unspecified atom stereocenters. The molecular weight excluding hydrogens is 142 g/mol. The predicted molar refractivity (Wildman–Crippen MR) is 38.9 cm³/mol. The van der Waals surface area contributed by atoms with E-state index in [2.05, 4.69) is 5.16 Å². The molecule has 0 heterocycles. The Morgan fingerprint density at radius 2 is 2.09 bits per heavy atom. The Morgan fingerprint density at radius 1 is 1.36 bits per heavy atom. The monoisotopic (exact) mass is 151 g/mol. The van der Waals surface area contributed by atoms with Crippen LogP contribution in [0.4, 0.5) is 0 Å². The van der Waals surface area contributed by atoms with E-state index < -0.39 is 0 Å². The van der Waals surface area contributed by atoms with Crippen molar-refractivity contribution in [2.75, 3.05) is 0 Å². The van der Waals surface area contributed by atoms with Crippen molar-refractivity contribution in [1.82, 2.24) is 0 Å². The van der Waals surface area contributed by atoms with Crippen molar-refractivity contribution >= 4 is 5.71 Å². The zero-order chi connectivity index (χ0) is 8.53. The molecule has 0 aliphatic carbocycles. The van der Waals surface area contributed by atoms with Gasteiger partial charge in [-0.05, 0) is 12.8 Å². The molecule has 0 aliphatic heterocycles. The zero-order valence-corrected chi connectivity index (χ0v) is 6.12. The summed E-state index contributed by atoms with van der Waals surface area (Å²) in [6, 6.07) is 3.74. The molecule has 0 saturated carbocycles. The van der Waals surface area contributed by atoms with Crippen LogP contribution >= 0.6 is 0 Å². The normalized spacial score (nSPS) is 10.2. The van der Waals surface area contributed by atoms with E-state index in [-0.39, 0.29) is 5.71 Å². The summed E-state index contributed by atoms with van der Waals surface area (Å²) in [5.41, 5.74) is 0.128. The second kappa shape index (κ2) is 6.57. The lowest BCUT2D eigenvalue weighted by Crippen LogP contribution is -1.93. The first-order chi connectivity index (χ1) is 5.35. The molecule has 1 N–H and O–H groups in total. The van der Waals surface area contributed by atoms with Crippen LogP contribution in [0.5, 0.6) is 0 Å². The van der Waals surface area contributed by atoms with Crippen molar-refractivity contribution in [1.29, 1.82) is 10.5 Å². The minimum Gasteiger partial charge on any atom is -0.410 e. The smallest absolute Gasteiger partial charge is 0.156 e. The van der Waals surface area contributed by atoms with Crippen LogP contribution in [0.25, 0.3) is 0 Å². The molecule has 0 amide bonds. The third kappa shape index (κ3) is 4.92. The zero-order valence-electron chi connectivity index (χ0n) is 6.12. The number of hydrogen-bond donors (Lipinski definition) is 1. The van der Waals surface area contributed by atoms with E-state index in [4.69, 9.17) is 15.7 Å². The van der Waals surface area contributed by atoms with E-state index in [1.807, 2.05) is 6.07 Å². The molecule has 0 atom stereocenters. The van der Waals surface area contributed by atoms with Gasteiger partial charge in [-0.3, -0.25) is 0 Å². The van der Waals surface area contributed by atoms with Gasteiger partial charge in [0, 0.05) is 12.8 Å². The molecule has 0 rings (SSSR count). The lowest BCUT2D eigenvalue weighted by Gasteiger charge is -1.91. The molecule has 0 aromatic carbocycles. The molecule has 0 aromatic heterocycles. The average molecular weight is 151 g/mol. The van der Waals surface area contributed by atoms with E-state index in [0.717, 1.165) is 12.8 Å². The molecule has 11 heavy (non-hydrogen) atoms. The lowest BCUT2D eigenvalue weighted by atomic mass is 10.1. The summed E-state index contributed by atoms with van der Waals surface area (Å²) >= 11 is 0. The summed E-state index contributed by atoms with van der Waals surface area (Å²) in [5, 5.41) is 27.4. The van der Waals surface area contributed by atoms with Crippen molar-refractivity contribution in [2.24, 2.45) is 5.16 Å². The number of nitrogens with zero attached hydrogens (tertiary/aromatic N) is 3. The summed E-state index contributed by atoms with van der Waals surface area (Å²) in [6.07, 6.45) is 2.41. The maximum absolute atomic E-state index is 8.28. The van der Waals surface area contributed by atoms with E-state index in [0.29, 0.717) is 12.8 Å². The summed E-state index contributed by atoms with van der Waals surface area (Å²) in [4.78, 5) is 0. The quantitative estimate of drug-likeness (QED) is 0.285. The topological polar surface area (TPSA) is 80.2 Å². The molecule has 0 aliphatic rings. The van der Waals surface area contributed by atoms with E-state index in [9.17, 15) is 0 Å². The molecule has 0 bridgehead atoms. The van der Waals surface area contributed by atoms with Crippen LogP contribution in [0.1, 0.15) is 25.7 Å². The number of oxime groups is 1. The van der Waals surface area contributed by atoms with Crippen molar-refractivity contribution in [3.05, 3.63) is 0 Å². The summed E-state index contributed by atoms with van der Waals surface area (Å²) in [6.45, 7) is 0. The third-order valence-electron chi connectivity index (χ3n) is 1.20. The Labute approximate surface area is 65.4 Å². The molecule has 0 radical (unpaired) electrons. The van der Waals surface area contributed by atoms with Gasteiger partial charge < -0.3 is 5.21 Å². The first-order valence-corrected chi connectivity index (χ1v) is 3.33. The molecule has 0 aromatic rings. The van der Waals surface area contributed by atoms with Crippen molar-refractivity contribution in [3.63, 3.8) is 0 Å². The van der Waals surface area contributed by atoms with Crippen LogP contribution in [0.2, 0.25) is 0 Å². The van der Waals surface area contributed by atoms with E-state index >= 15 is 0 Å².